The number of nitrogens with one attached hydrogen (secondary N) is 1. The first-order valence-corrected chi connectivity index (χ1v) is 14.6. The molecule has 0 aliphatic carbocycles. The standard InChI is InChI=1S/C31H36N4O4S/c1-22(2)34(40(37,38)27-18-12-24(13-19-27)31(3,4)5)21-30(36)32-29-20-28(23-10-8-7-9-11-23)33-35(29)25-14-16-26(39-6)17-15-25/h7-20,22H,21H2,1-6H3,(H,32,36). The quantitative estimate of drug-likeness (QED) is 0.276. The maximum Gasteiger partial charge on any atom is 0.243 e. The van der Waals surface area contributed by atoms with E-state index < -0.39 is 22.0 Å². The van der Waals surface area contributed by atoms with Crippen LogP contribution >= 0.6 is 0 Å². The molecule has 1 heterocycles. The number of anilines is 1. The van der Waals surface area contributed by atoms with Crippen LogP contribution in [0.5, 0.6) is 5.75 Å². The van der Waals surface area contributed by atoms with E-state index >= 15 is 0 Å². The van der Waals surface area contributed by atoms with Crippen molar-refractivity contribution >= 4 is 21.7 Å². The molecule has 1 amide bonds. The van der Waals surface area contributed by atoms with Crippen LogP contribution in [0.4, 0.5) is 5.82 Å². The molecule has 0 radical (unpaired) electrons. The van der Waals surface area contributed by atoms with Gasteiger partial charge in [-0.25, -0.2) is 13.1 Å². The number of aromatic nitrogens is 2. The van der Waals surface area contributed by atoms with Crippen LogP contribution in [-0.4, -0.2) is 48.1 Å². The largest absolute Gasteiger partial charge is 0.497 e. The van der Waals surface area contributed by atoms with E-state index in [1.165, 1.54) is 4.31 Å². The SMILES string of the molecule is COc1ccc(-n2nc(-c3ccccc3)cc2NC(=O)CN(C(C)C)S(=O)(=O)c2ccc(C(C)(C)C)cc2)cc1. The summed E-state index contributed by atoms with van der Waals surface area (Å²) < 4.78 is 35.3. The number of benzene rings is 3. The highest BCUT2D eigenvalue weighted by atomic mass is 32.2. The molecular weight excluding hydrogens is 524 g/mol. The molecule has 0 aliphatic heterocycles. The minimum Gasteiger partial charge on any atom is -0.497 e. The molecule has 0 bridgehead atoms. The fourth-order valence-electron chi connectivity index (χ4n) is 4.27. The molecule has 0 saturated carbocycles. The van der Waals surface area contributed by atoms with Crippen molar-refractivity contribution in [1.29, 1.82) is 0 Å². The third-order valence-electron chi connectivity index (χ3n) is 6.57. The van der Waals surface area contributed by atoms with Gasteiger partial charge in [-0.3, -0.25) is 4.79 Å². The molecule has 0 unspecified atom stereocenters. The number of carbonyl (C=O) groups excluding carboxylic acids is 1. The Hall–Kier alpha value is -3.95. The molecule has 4 aromatic rings. The highest BCUT2D eigenvalue weighted by molar-refractivity contribution is 7.89. The van der Waals surface area contributed by atoms with Crippen molar-refractivity contribution in [1.82, 2.24) is 14.1 Å². The number of sulfonamides is 1. The Morgan fingerprint density at radius 2 is 1.60 bits per heavy atom. The highest BCUT2D eigenvalue weighted by Gasteiger charge is 2.30. The Labute approximate surface area is 236 Å². The van der Waals surface area contributed by atoms with Crippen LogP contribution in [0.15, 0.2) is 89.8 Å². The number of hydrogen-bond acceptors (Lipinski definition) is 5. The first kappa shape index (κ1) is 29.0. The Balaban J connectivity index is 1.62. The zero-order valence-electron chi connectivity index (χ0n) is 23.8. The summed E-state index contributed by atoms with van der Waals surface area (Å²) in [6.45, 7) is 9.37. The number of ether oxygens (including phenoxy) is 1. The Bertz CT molecular complexity index is 1550. The minimum atomic E-state index is -3.92. The molecule has 4 rings (SSSR count). The van der Waals surface area contributed by atoms with Gasteiger partial charge in [0.05, 0.1) is 29.9 Å². The molecule has 3 aromatic carbocycles. The summed E-state index contributed by atoms with van der Waals surface area (Å²) >= 11 is 0. The van der Waals surface area contributed by atoms with Crippen molar-refractivity contribution in [2.24, 2.45) is 0 Å². The number of nitrogens with zero attached hydrogens (tertiary/aromatic N) is 3. The lowest BCUT2D eigenvalue weighted by Crippen LogP contribution is -2.42. The average Bonchev–Trinajstić information content (AvgIpc) is 3.35. The first-order chi connectivity index (χ1) is 18.9. The smallest absolute Gasteiger partial charge is 0.243 e. The maximum absolute atomic E-state index is 13.6. The second-order valence-electron chi connectivity index (χ2n) is 10.9. The lowest BCUT2D eigenvalue weighted by Gasteiger charge is -2.26. The fourth-order valence-corrected chi connectivity index (χ4v) is 5.86. The van der Waals surface area contributed by atoms with Crippen LogP contribution in [0.1, 0.15) is 40.2 Å². The van der Waals surface area contributed by atoms with Crippen LogP contribution in [0.2, 0.25) is 0 Å². The number of methoxy groups -OCH3 is 1. The monoisotopic (exact) mass is 560 g/mol. The molecule has 0 fully saturated rings. The summed E-state index contributed by atoms with van der Waals surface area (Å²) in [5.74, 6) is 0.639. The molecule has 40 heavy (non-hydrogen) atoms. The van der Waals surface area contributed by atoms with Gasteiger partial charge in [0.1, 0.15) is 11.6 Å². The Morgan fingerprint density at radius 3 is 2.15 bits per heavy atom. The molecule has 0 atom stereocenters. The van der Waals surface area contributed by atoms with E-state index in [-0.39, 0.29) is 16.9 Å². The van der Waals surface area contributed by atoms with E-state index in [1.807, 2.05) is 66.7 Å². The van der Waals surface area contributed by atoms with E-state index in [0.29, 0.717) is 22.9 Å². The Morgan fingerprint density at radius 1 is 0.975 bits per heavy atom. The van der Waals surface area contributed by atoms with Gasteiger partial charge in [0.15, 0.2) is 0 Å². The maximum atomic E-state index is 13.6. The van der Waals surface area contributed by atoms with E-state index in [0.717, 1.165) is 11.1 Å². The lowest BCUT2D eigenvalue weighted by atomic mass is 9.87. The van der Waals surface area contributed by atoms with E-state index in [4.69, 9.17) is 9.84 Å². The summed E-state index contributed by atoms with van der Waals surface area (Å²) in [7, 11) is -2.33. The summed E-state index contributed by atoms with van der Waals surface area (Å²) in [6, 6.07) is 25.1. The van der Waals surface area contributed by atoms with Crippen molar-refractivity contribution in [2.45, 2.75) is 51.0 Å². The zero-order chi connectivity index (χ0) is 29.1. The molecule has 9 heteroatoms. The predicted octanol–water partition coefficient (Wildman–Crippen LogP) is 5.88. The predicted molar refractivity (Wildman–Crippen MR) is 158 cm³/mol. The van der Waals surface area contributed by atoms with Gasteiger partial charge in [0.2, 0.25) is 15.9 Å². The average molecular weight is 561 g/mol. The highest BCUT2D eigenvalue weighted by Crippen LogP contribution is 2.27. The second kappa shape index (κ2) is 11.7. The summed E-state index contributed by atoms with van der Waals surface area (Å²) in [5.41, 5.74) is 3.19. The zero-order valence-corrected chi connectivity index (χ0v) is 24.6. The van der Waals surface area contributed by atoms with E-state index in [2.05, 4.69) is 26.1 Å². The van der Waals surface area contributed by atoms with Crippen LogP contribution in [0, 0.1) is 0 Å². The topological polar surface area (TPSA) is 93.5 Å². The van der Waals surface area contributed by atoms with Crippen molar-refractivity contribution < 1.29 is 17.9 Å². The number of amides is 1. The molecule has 210 valence electrons. The van der Waals surface area contributed by atoms with Gasteiger partial charge in [-0.05, 0) is 61.2 Å². The third kappa shape index (κ3) is 6.43. The summed E-state index contributed by atoms with van der Waals surface area (Å²) in [4.78, 5) is 13.5. The van der Waals surface area contributed by atoms with Crippen molar-refractivity contribution in [3.8, 4) is 22.7 Å². The normalized spacial score (nSPS) is 12.1. The molecule has 0 saturated heterocycles. The van der Waals surface area contributed by atoms with Gasteiger partial charge >= 0.3 is 0 Å². The fraction of sp³-hybridized carbons (Fsp3) is 0.290. The number of hydrogen-bond donors (Lipinski definition) is 1. The van der Waals surface area contributed by atoms with Gasteiger partial charge in [0.25, 0.3) is 0 Å². The summed E-state index contributed by atoms with van der Waals surface area (Å²) in [5, 5.41) is 7.62. The van der Waals surface area contributed by atoms with Crippen molar-refractivity contribution in [3.05, 3.63) is 90.5 Å². The Kier molecular flexibility index (Phi) is 8.46. The second-order valence-corrected chi connectivity index (χ2v) is 12.7. The molecule has 1 N–H and O–H groups in total. The molecular formula is C31H36N4O4S. The molecule has 8 nitrogen and oxygen atoms in total. The van der Waals surface area contributed by atoms with Crippen LogP contribution in [0.25, 0.3) is 16.9 Å². The van der Waals surface area contributed by atoms with Gasteiger partial charge in [-0.1, -0.05) is 63.2 Å². The van der Waals surface area contributed by atoms with Gasteiger partial charge < -0.3 is 10.1 Å². The third-order valence-corrected chi connectivity index (χ3v) is 8.60. The van der Waals surface area contributed by atoms with Crippen LogP contribution in [0.3, 0.4) is 0 Å². The number of rotatable bonds is 9. The van der Waals surface area contributed by atoms with E-state index in [9.17, 15) is 13.2 Å². The van der Waals surface area contributed by atoms with Gasteiger partial charge in [-0.15, -0.1) is 0 Å². The molecule has 0 spiro atoms. The van der Waals surface area contributed by atoms with Gasteiger partial charge in [-0.2, -0.15) is 9.40 Å². The van der Waals surface area contributed by atoms with Crippen molar-refractivity contribution in [3.63, 3.8) is 0 Å². The van der Waals surface area contributed by atoms with Crippen molar-refractivity contribution in [2.75, 3.05) is 19.0 Å². The summed E-state index contributed by atoms with van der Waals surface area (Å²) in [6.07, 6.45) is 0. The first-order valence-electron chi connectivity index (χ1n) is 13.1. The van der Waals surface area contributed by atoms with Gasteiger partial charge in [0, 0.05) is 17.7 Å². The minimum absolute atomic E-state index is 0.106. The molecule has 0 aliphatic rings. The lowest BCUT2D eigenvalue weighted by molar-refractivity contribution is -0.116. The van der Waals surface area contributed by atoms with E-state index in [1.54, 1.807) is 43.8 Å². The number of carbonyl (C=O) groups is 1. The molecule has 1 aromatic heterocycles. The van der Waals surface area contributed by atoms with Crippen LogP contribution in [-0.2, 0) is 20.2 Å². The van der Waals surface area contributed by atoms with Crippen LogP contribution < -0.4 is 10.1 Å².